The van der Waals surface area contributed by atoms with Crippen LogP contribution in [0.3, 0.4) is 0 Å². The maximum absolute atomic E-state index is 14.9. The quantitative estimate of drug-likeness (QED) is 0.283. The van der Waals surface area contributed by atoms with E-state index in [1.165, 1.54) is 13.2 Å². The first-order chi connectivity index (χ1) is 15.8. The van der Waals surface area contributed by atoms with E-state index in [0.717, 1.165) is 31.2 Å². The molecular formula is C28H31F3O2. The molecule has 0 radical (unpaired) electrons. The van der Waals surface area contributed by atoms with Crippen LogP contribution in [0.2, 0.25) is 0 Å². The Morgan fingerprint density at radius 2 is 1.64 bits per heavy atom. The van der Waals surface area contributed by atoms with Crippen molar-refractivity contribution in [3.8, 4) is 11.1 Å². The predicted molar refractivity (Wildman–Crippen MR) is 127 cm³/mol. The van der Waals surface area contributed by atoms with Crippen LogP contribution in [0.25, 0.3) is 11.1 Å². The van der Waals surface area contributed by atoms with Crippen molar-refractivity contribution >= 4 is 0 Å². The minimum absolute atomic E-state index is 0.0194. The van der Waals surface area contributed by atoms with Crippen LogP contribution in [0.5, 0.6) is 0 Å². The van der Waals surface area contributed by atoms with E-state index < -0.39 is 17.5 Å². The molecule has 33 heavy (non-hydrogen) atoms. The number of ether oxygens (including phenoxy) is 2. The third-order valence-electron chi connectivity index (χ3n) is 6.43. The molecule has 0 atom stereocenters. The molecule has 1 fully saturated rings. The fraction of sp³-hybridized carbons (Fsp3) is 0.357. The van der Waals surface area contributed by atoms with E-state index in [4.69, 9.17) is 9.47 Å². The van der Waals surface area contributed by atoms with Crippen molar-refractivity contribution in [2.24, 2.45) is 0 Å². The number of aryl methyl sites for hydroxylation is 1. The zero-order chi connectivity index (χ0) is 24.0. The Morgan fingerprint density at radius 3 is 2.24 bits per heavy atom. The highest BCUT2D eigenvalue weighted by Gasteiger charge is 2.26. The van der Waals surface area contributed by atoms with E-state index in [0.29, 0.717) is 29.5 Å². The molecule has 176 valence electrons. The lowest BCUT2D eigenvalue weighted by Crippen LogP contribution is -2.20. The topological polar surface area (TPSA) is 18.5 Å². The Hall–Kier alpha value is -2.79. The lowest BCUT2D eigenvalue weighted by atomic mass is 9.82. The lowest BCUT2D eigenvalue weighted by Gasteiger charge is -2.28. The molecule has 0 bridgehead atoms. The molecule has 0 unspecified atom stereocenters. The second-order valence-corrected chi connectivity index (χ2v) is 8.50. The number of benzene rings is 2. The van der Waals surface area contributed by atoms with Crippen LogP contribution in [-0.2, 0) is 15.9 Å². The summed E-state index contributed by atoms with van der Waals surface area (Å²) < 4.78 is 54.1. The van der Waals surface area contributed by atoms with Crippen LogP contribution in [0, 0.1) is 11.6 Å². The van der Waals surface area contributed by atoms with Gasteiger partial charge in [-0.05, 0) is 66.7 Å². The Labute approximate surface area is 194 Å². The Morgan fingerprint density at radius 1 is 0.970 bits per heavy atom. The predicted octanol–water partition coefficient (Wildman–Crippen LogP) is 7.81. The molecule has 1 aliphatic rings. The van der Waals surface area contributed by atoms with E-state index in [2.05, 4.69) is 13.2 Å². The molecule has 0 aromatic heterocycles. The van der Waals surface area contributed by atoms with Crippen LogP contribution in [0.1, 0.15) is 49.1 Å². The highest BCUT2D eigenvalue weighted by atomic mass is 19.2. The molecule has 2 aromatic carbocycles. The first kappa shape index (κ1) is 24.8. The van der Waals surface area contributed by atoms with Gasteiger partial charge in [0.2, 0.25) is 0 Å². The minimum Gasteiger partial charge on any atom is -0.497 e. The molecule has 5 heteroatoms. The van der Waals surface area contributed by atoms with E-state index >= 15 is 0 Å². The van der Waals surface area contributed by atoms with Crippen molar-refractivity contribution in [3.05, 3.63) is 95.6 Å². The van der Waals surface area contributed by atoms with Gasteiger partial charge in [0, 0.05) is 18.7 Å². The monoisotopic (exact) mass is 456 g/mol. The number of allylic oxidation sites excluding steroid dienone is 3. The van der Waals surface area contributed by atoms with Gasteiger partial charge in [-0.15, -0.1) is 0 Å². The summed E-state index contributed by atoms with van der Waals surface area (Å²) in [6.45, 7) is 7.32. The van der Waals surface area contributed by atoms with Crippen molar-refractivity contribution in [2.75, 3.05) is 14.2 Å². The molecule has 1 saturated carbocycles. The van der Waals surface area contributed by atoms with Crippen LogP contribution in [0.4, 0.5) is 13.2 Å². The molecule has 0 saturated heterocycles. The Bertz CT molecular complexity index is 1020. The van der Waals surface area contributed by atoms with Gasteiger partial charge >= 0.3 is 0 Å². The van der Waals surface area contributed by atoms with E-state index in [1.807, 2.05) is 12.1 Å². The zero-order valence-corrected chi connectivity index (χ0v) is 19.3. The first-order valence-electron chi connectivity index (χ1n) is 11.2. The van der Waals surface area contributed by atoms with Crippen molar-refractivity contribution in [3.63, 3.8) is 0 Å². The van der Waals surface area contributed by atoms with Crippen LogP contribution in [0.15, 0.2) is 72.8 Å². The Kier molecular flexibility index (Phi) is 8.56. The number of halogens is 3. The molecule has 0 amide bonds. The smallest absolute Gasteiger partial charge is 0.166 e. The number of hydrogen-bond donors (Lipinski definition) is 0. The van der Waals surface area contributed by atoms with E-state index in [9.17, 15) is 13.2 Å². The van der Waals surface area contributed by atoms with E-state index in [1.54, 1.807) is 31.4 Å². The first-order valence-corrected chi connectivity index (χ1v) is 11.2. The van der Waals surface area contributed by atoms with Gasteiger partial charge in [-0.2, -0.15) is 0 Å². The second-order valence-electron chi connectivity index (χ2n) is 8.50. The number of rotatable bonds is 9. The maximum Gasteiger partial charge on any atom is 0.166 e. The van der Waals surface area contributed by atoms with Crippen LogP contribution < -0.4 is 0 Å². The van der Waals surface area contributed by atoms with Gasteiger partial charge in [-0.25, -0.2) is 13.2 Å². The summed E-state index contributed by atoms with van der Waals surface area (Å²) in [4.78, 5) is 0. The number of hydrogen-bond acceptors (Lipinski definition) is 2. The van der Waals surface area contributed by atoms with Gasteiger partial charge in [0.25, 0.3) is 0 Å². The summed E-state index contributed by atoms with van der Waals surface area (Å²) in [5.41, 5.74) is 2.59. The van der Waals surface area contributed by atoms with Crippen LogP contribution in [-0.4, -0.2) is 20.3 Å². The maximum atomic E-state index is 14.9. The van der Waals surface area contributed by atoms with Crippen molar-refractivity contribution < 1.29 is 22.6 Å². The molecule has 2 aromatic rings. The molecule has 0 spiro atoms. The fourth-order valence-corrected chi connectivity index (χ4v) is 4.28. The molecule has 3 rings (SSSR count). The van der Waals surface area contributed by atoms with Crippen LogP contribution >= 0.6 is 0 Å². The van der Waals surface area contributed by atoms with E-state index in [-0.39, 0.29) is 23.3 Å². The molecule has 0 heterocycles. The molecule has 1 aliphatic carbocycles. The Balaban J connectivity index is 1.67. The standard InChI is InChI=1S/C28H31F3O2/c1-18(26(29)17-19(2)32-3)5-6-20-7-9-21(10-8-20)24-15-16-25(28(31)27(24)30)22-11-13-23(33-4)14-12-22/h7-10,15-17,22-23H,1-2,5-6,11-14H2,3-4H3/b26-17+. The molecular weight excluding hydrogens is 425 g/mol. The third-order valence-corrected chi connectivity index (χ3v) is 6.43. The van der Waals surface area contributed by atoms with Gasteiger partial charge in [0.05, 0.1) is 13.2 Å². The summed E-state index contributed by atoms with van der Waals surface area (Å²) in [6.07, 6.45) is 5.71. The zero-order valence-electron chi connectivity index (χ0n) is 19.3. The fourth-order valence-electron chi connectivity index (χ4n) is 4.28. The van der Waals surface area contributed by atoms with Gasteiger partial charge in [-0.3, -0.25) is 0 Å². The normalized spacial score (nSPS) is 18.8. The highest BCUT2D eigenvalue weighted by molar-refractivity contribution is 5.65. The molecule has 0 N–H and O–H groups in total. The summed E-state index contributed by atoms with van der Waals surface area (Å²) in [5, 5.41) is 0. The van der Waals surface area contributed by atoms with Crippen molar-refractivity contribution in [1.82, 2.24) is 0 Å². The van der Waals surface area contributed by atoms with Gasteiger partial charge in [0.1, 0.15) is 11.6 Å². The van der Waals surface area contributed by atoms with Crippen molar-refractivity contribution in [2.45, 2.75) is 50.5 Å². The largest absolute Gasteiger partial charge is 0.497 e. The average Bonchev–Trinajstić information content (AvgIpc) is 2.84. The SMILES string of the molecule is C=C(/C=C(/F)C(=C)CCc1ccc(-c2ccc(C3CCC(OC)CC3)c(F)c2F)cc1)OC. The average molecular weight is 457 g/mol. The molecule has 2 nitrogen and oxygen atoms in total. The number of methoxy groups -OCH3 is 2. The molecule has 0 aliphatic heterocycles. The summed E-state index contributed by atoms with van der Waals surface area (Å²) in [7, 11) is 3.11. The van der Waals surface area contributed by atoms with Gasteiger partial charge < -0.3 is 9.47 Å². The summed E-state index contributed by atoms with van der Waals surface area (Å²) in [6, 6.07) is 10.6. The van der Waals surface area contributed by atoms with Gasteiger partial charge in [-0.1, -0.05) is 49.6 Å². The second kappa shape index (κ2) is 11.4. The van der Waals surface area contributed by atoms with Crippen molar-refractivity contribution in [1.29, 1.82) is 0 Å². The summed E-state index contributed by atoms with van der Waals surface area (Å²) in [5.74, 6) is -1.79. The lowest BCUT2D eigenvalue weighted by molar-refractivity contribution is 0.0655. The highest BCUT2D eigenvalue weighted by Crippen LogP contribution is 2.37. The van der Waals surface area contributed by atoms with Gasteiger partial charge in [0.15, 0.2) is 11.6 Å². The minimum atomic E-state index is -0.812. The summed E-state index contributed by atoms with van der Waals surface area (Å²) >= 11 is 0. The third kappa shape index (κ3) is 6.17.